The van der Waals surface area contributed by atoms with Gasteiger partial charge in [-0.25, -0.2) is 0 Å². The molecule has 0 saturated carbocycles. The van der Waals surface area contributed by atoms with Crippen molar-refractivity contribution in [2.45, 2.75) is 31.7 Å². The average molecular weight is 439 g/mol. The second-order valence-corrected chi connectivity index (χ2v) is 8.00. The first kappa shape index (κ1) is 20.3. The molecule has 0 amide bonds. The van der Waals surface area contributed by atoms with Crippen LogP contribution >= 0.6 is 23.2 Å². The minimum Gasteiger partial charge on any atom is -0.350 e. The van der Waals surface area contributed by atoms with Crippen molar-refractivity contribution in [3.05, 3.63) is 93.2 Å². The van der Waals surface area contributed by atoms with Gasteiger partial charge in [-0.05, 0) is 47.9 Å². The van der Waals surface area contributed by atoms with E-state index in [4.69, 9.17) is 23.2 Å². The molecule has 0 spiro atoms. The summed E-state index contributed by atoms with van der Waals surface area (Å²) in [6, 6.07) is 15.0. The van der Waals surface area contributed by atoms with Crippen molar-refractivity contribution in [2.24, 2.45) is 0 Å². The van der Waals surface area contributed by atoms with Crippen molar-refractivity contribution in [3.8, 4) is 0 Å². The molecule has 0 aliphatic carbocycles. The van der Waals surface area contributed by atoms with Gasteiger partial charge in [0.15, 0.2) is 0 Å². The van der Waals surface area contributed by atoms with E-state index in [-0.39, 0.29) is 18.2 Å². The van der Waals surface area contributed by atoms with Crippen LogP contribution in [0.15, 0.2) is 60.8 Å². The summed E-state index contributed by atoms with van der Waals surface area (Å²) in [5.74, 6) is 0. The number of halogens is 5. The number of rotatable bonds is 3. The van der Waals surface area contributed by atoms with Gasteiger partial charge in [0, 0.05) is 31.5 Å². The number of hydrogen-bond acceptors (Lipinski definition) is 1. The summed E-state index contributed by atoms with van der Waals surface area (Å²) in [5, 5.41) is 0.885. The highest BCUT2D eigenvalue weighted by Crippen LogP contribution is 2.38. The molecule has 1 aliphatic rings. The fraction of sp³-hybridized carbons (Fsp3) is 0.273. The second kappa shape index (κ2) is 8.05. The summed E-state index contributed by atoms with van der Waals surface area (Å²) in [4.78, 5) is 2.09. The fourth-order valence-corrected chi connectivity index (χ4v) is 4.33. The van der Waals surface area contributed by atoms with Crippen LogP contribution in [0.25, 0.3) is 0 Å². The number of fused-ring (bicyclic) bond motifs is 1. The summed E-state index contributed by atoms with van der Waals surface area (Å²) in [5.41, 5.74) is 1.62. The first-order chi connectivity index (χ1) is 13.8. The predicted molar refractivity (Wildman–Crippen MR) is 109 cm³/mol. The largest absolute Gasteiger partial charge is 0.416 e. The Morgan fingerprint density at radius 3 is 2.48 bits per heavy atom. The van der Waals surface area contributed by atoms with Crippen LogP contribution in [0.3, 0.4) is 0 Å². The highest BCUT2D eigenvalue weighted by molar-refractivity contribution is 6.42. The summed E-state index contributed by atoms with van der Waals surface area (Å²) in [6.07, 6.45) is -1.54. The lowest BCUT2D eigenvalue weighted by Gasteiger charge is -2.31. The third-order valence-electron chi connectivity index (χ3n) is 5.31. The molecular weight excluding hydrogens is 420 g/mol. The van der Waals surface area contributed by atoms with E-state index in [1.807, 2.05) is 24.4 Å². The highest BCUT2D eigenvalue weighted by Gasteiger charge is 2.35. The number of aryl methyl sites for hydroxylation is 1. The summed E-state index contributed by atoms with van der Waals surface area (Å²) in [6.45, 7) is 1.67. The van der Waals surface area contributed by atoms with Gasteiger partial charge < -0.3 is 4.57 Å². The molecule has 1 aliphatic heterocycles. The Balaban J connectivity index is 1.78. The minimum absolute atomic E-state index is 0.186. The Bertz CT molecular complexity index is 1010. The lowest BCUT2D eigenvalue weighted by molar-refractivity contribution is -0.138. The van der Waals surface area contributed by atoms with Crippen LogP contribution in [0.2, 0.25) is 10.0 Å². The molecule has 7 heteroatoms. The normalized spacial score (nSPS) is 17.8. The molecule has 0 saturated heterocycles. The molecule has 0 bridgehead atoms. The molecule has 0 radical (unpaired) electrons. The quantitative estimate of drug-likeness (QED) is 0.435. The predicted octanol–water partition coefficient (Wildman–Crippen LogP) is 6.81. The van der Waals surface area contributed by atoms with Crippen molar-refractivity contribution in [3.63, 3.8) is 0 Å². The molecular formula is C22H19Cl2F3N2. The molecule has 0 unspecified atom stereocenters. The van der Waals surface area contributed by atoms with Crippen LogP contribution in [-0.4, -0.2) is 16.0 Å². The molecule has 1 atom stereocenters. The van der Waals surface area contributed by atoms with Gasteiger partial charge in [-0.15, -0.1) is 0 Å². The summed E-state index contributed by atoms with van der Waals surface area (Å²) >= 11 is 12.4. The summed E-state index contributed by atoms with van der Waals surface area (Å²) in [7, 11) is 0. The number of nitrogens with zero attached hydrogens (tertiary/aromatic N) is 2. The molecule has 4 rings (SSSR count). The van der Waals surface area contributed by atoms with Crippen molar-refractivity contribution in [1.29, 1.82) is 0 Å². The van der Waals surface area contributed by atoms with E-state index >= 15 is 0 Å². The molecule has 3 aromatic rings. The van der Waals surface area contributed by atoms with Crippen LogP contribution in [-0.2, 0) is 19.3 Å². The maximum Gasteiger partial charge on any atom is 0.416 e. The second-order valence-electron chi connectivity index (χ2n) is 7.18. The van der Waals surface area contributed by atoms with Gasteiger partial charge in [0.2, 0.25) is 0 Å². The maximum atomic E-state index is 13.5. The van der Waals surface area contributed by atoms with Gasteiger partial charge in [0.1, 0.15) is 0 Å². The van der Waals surface area contributed by atoms with E-state index < -0.39 is 11.7 Å². The zero-order valence-corrected chi connectivity index (χ0v) is 17.0. The highest BCUT2D eigenvalue weighted by atomic mass is 35.5. The Morgan fingerprint density at radius 1 is 0.931 bits per heavy atom. The lowest BCUT2D eigenvalue weighted by atomic mass is 9.99. The molecule has 0 fully saturated rings. The molecule has 0 N–H and O–H groups in total. The molecule has 2 heterocycles. The molecule has 1 aromatic heterocycles. The lowest BCUT2D eigenvalue weighted by Crippen LogP contribution is -2.30. The van der Waals surface area contributed by atoms with Gasteiger partial charge in [-0.2, -0.15) is 13.2 Å². The average Bonchev–Trinajstić information content (AvgIpc) is 3.05. The van der Waals surface area contributed by atoms with Crippen LogP contribution < -0.4 is 0 Å². The van der Waals surface area contributed by atoms with Gasteiger partial charge in [-0.1, -0.05) is 47.5 Å². The number of aromatic nitrogens is 1. The first-order valence-corrected chi connectivity index (χ1v) is 10.1. The monoisotopic (exact) mass is 438 g/mol. The Hall–Kier alpha value is -1.95. The van der Waals surface area contributed by atoms with E-state index in [1.165, 1.54) is 6.07 Å². The molecule has 2 aromatic carbocycles. The summed E-state index contributed by atoms with van der Waals surface area (Å²) < 4.78 is 42.8. The SMILES string of the molecule is FC(F)(F)c1ccccc1CN1CCCn2cccc2[C@@H]1c1ccc(Cl)c(Cl)c1. The van der Waals surface area contributed by atoms with E-state index in [2.05, 4.69) is 9.47 Å². The smallest absolute Gasteiger partial charge is 0.350 e. The van der Waals surface area contributed by atoms with Gasteiger partial charge in [0.05, 0.1) is 21.7 Å². The number of hydrogen-bond donors (Lipinski definition) is 0. The zero-order chi connectivity index (χ0) is 20.6. The minimum atomic E-state index is -4.39. The maximum absolute atomic E-state index is 13.5. The van der Waals surface area contributed by atoms with Gasteiger partial charge >= 0.3 is 6.18 Å². The molecule has 152 valence electrons. The number of benzene rings is 2. The van der Waals surface area contributed by atoms with Gasteiger partial charge in [0.25, 0.3) is 0 Å². The Labute approximate surface area is 177 Å². The topological polar surface area (TPSA) is 8.17 Å². The van der Waals surface area contributed by atoms with Crippen molar-refractivity contribution < 1.29 is 13.2 Å². The van der Waals surface area contributed by atoms with Crippen molar-refractivity contribution in [1.82, 2.24) is 9.47 Å². The fourth-order valence-electron chi connectivity index (χ4n) is 4.03. The Morgan fingerprint density at radius 2 is 1.72 bits per heavy atom. The number of alkyl halides is 3. The standard InChI is InChI=1S/C22H19Cl2F3N2/c23-18-9-8-15(13-19(18)24)21-20-7-3-10-28(20)11-4-12-29(21)14-16-5-1-2-6-17(16)22(25,26)27/h1-3,5-10,13,21H,4,11-12,14H2/t21-/m0/s1. The third kappa shape index (κ3) is 4.18. The first-order valence-electron chi connectivity index (χ1n) is 9.34. The van der Waals surface area contributed by atoms with Crippen LogP contribution in [0, 0.1) is 0 Å². The Kier molecular flexibility index (Phi) is 5.65. The van der Waals surface area contributed by atoms with Gasteiger partial charge in [-0.3, -0.25) is 4.90 Å². The van der Waals surface area contributed by atoms with E-state index in [0.29, 0.717) is 16.6 Å². The molecule has 2 nitrogen and oxygen atoms in total. The van der Waals surface area contributed by atoms with Crippen LogP contribution in [0.5, 0.6) is 0 Å². The van der Waals surface area contributed by atoms with E-state index in [1.54, 1.807) is 24.3 Å². The van der Waals surface area contributed by atoms with Crippen molar-refractivity contribution >= 4 is 23.2 Å². The van der Waals surface area contributed by atoms with E-state index in [0.717, 1.165) is 30.3 Å². The van der Waals surface area contributed by atoms with E-state index in [9.17, 15) is 13.2 Å². The third-order valence-corrected chi connectivity index (χ3v) is 6.05. The van der Waals surface area contributed by atoms with Crippen LogP contribution in [0.4, 0.5) is 13.2 Å². The molecule has 29 heavy (non-hydrogen) atoms. The van der Waals surface area contributed by atoms with Crippen LogP contribution in [0.1, 0.15) is 34.8 Å². The zero-order valence-electron chi connectivity index (χ0n) is 15.5. The van der Waals surface area contributed by atoms with Crippen molar-refractivity contribution in [2.75, 3.05) is 6.54 Å².